The highest BCUT2D eigenvalue weighted by molar-refractivity contribution is 5.81. The molecular formula is C10H21N3O2. The van der Waals surface area contributed by atoms with Crippen molar-refractivity contribution in [2.24, 2.45) is 16.8 Å². The van der Waals surface area contributed by atoms with Crippen LogP contribution in [0.5, 0.6) is 0 Å². The molecule has 0 aliphatic rings. The third-order valence-corrected chi connectivity index (χ3v) is 2.28. The predicted octanol–water partition coefficient (Wildman–Crippen LogP) is 1.06. The second-order valence-electron chi connectivity index (χ2n) is 3.98. The number of carbonyl (C=O) groups is 1. The van der Waals surface area contributed by atoms with Crippen LogP contribution in [0.4, 0.5) is 0 Å². The van der Waals surface area contributed by atoms with Crippen molar-refractivity contribution in [2.45, 2.75) is 46.1 Å². The first kappa shape index (κ1) is 13.7. The van der Waals surface area contributed by atoms with E-state index in [-0.39, 0.29) is 17.8 Å². The maximum atomic E-state index is 11.4. The Hall–Kier alpha value is -1.26. The van der Waals surface area contributed by atoms with Crippen LogP contribution in [0.25, 0.3) is 0 Å². The van der Waals surface area contributed by atoms with Crippen molar-refractivity contribution in [1.82, 2.24) is 5.32 Å². The lowest BCUT2D eigenvalue weighted by Gasteiger charge is -2.14. The molecule has 2 unspecified atom stereocenters. The van der Waals surface area contributed by atoms with Gasteiger partial charge in [0.05, 0.1) is 0 Å². The van der Waals surface area contributed by atoms with Crippen molar-refractivity contribution in [1.29, 1.82) is 0 Å². The Morgan fingerprint density at radius 2 is 2.07 bits per heavy atom. The van der Waals surface area contributed by atoms with Crippen LogP contribution in [0.15, 0.2) is 5.16 Å². The van der Waals surface area contributed by atoms with Crippen LogP contribution >= 0.6 is 0 Å². The highest BCUT2D eigenvalue weighted by Crippen LogP contribution is 2.06. The lowest BCUT2D eigenvalue weighted by atomic mass is 10.0. The van der Waals surface area contributed by atoms with E-state index in [4.69, 9.17) is 10.9 Å². The molecule has 2 atom stereocenters. The van der Waals surface area contributed by atoms with Crippen molar-refractivity contribution in [3.8, 4) is 0 Å². The van der Waals surface area contributed by atoms with Crippen molar-refractivity contribution >= 4 is 11.7 Å². The first-order chi connectivity index (χ1) is 6.99. The summed E-state index contributed by atoms with van der Waals surface area (Å²) < 4.78 is 0. The van der Waals surface area contributed by atoms with Crippen molar-refractivity contribution in [2.75, 3.05) is 0 Å². The largest absolute Gasteiger partial charge is 0.409 e. The van der Waals surface area contributed by atoms with Gasteiger partial charge in [-0.3, -0.25) is 4.79 Å². The van der Waals surface area contributed by atoms with E-state index in [1.807, 2.05) is 13.8 Å². The first-order valence-electron chi connectivity index (χ1n) is 5.25. The number of oxime groups is 1. The number of amidine groups is 1. The van der Waals surface area contributed by atoms with Gasteiger partial charge < -0.3 is 16.3 Å². The summed E-state index contributed by atoms with van der Waals surface area (Å²) >= 11 is 0. The molecule has 0 aromatic carbocycles. The minimum absolute atomic E-state index is 0.0163. The number of hydrogen-bond acceptors (Lipinski definition) is 3. The fraction of sp³-hybridized carbons (Fsp3) is 0.800. The topological polar surface area (TPSA) is 87.7 Å². The Morgan fingerprint density at radius 3 is 2.53 bits per heavy atom. The molecule has 4 N–H and O–H groups in total. The maximum absolute atomic E-state index is 11.4. The standard InChI is InChI=1S/C10H21N3O2/c1-4-7(2)5-10(14)12-8(3)6-9(11)13-15/h7-8,15H,4-6H2,1-3H3,(H2,11,13)(H,12,14). The SMILES string of the molecule is CCC(C)CC(=O)NC(C)CC(N)=NO. The van der Waals surface area contributed by atoms with Gasteiger partial charge in [-0.15, -0.1) is 0 Å². The number of rotatable bonds is 6. The van der Waals surface area contributed by atoms with Gasteiger partial charge in [0, 0.05) is 18.9 Å². The molecule has 0 fully saturated rings. The van der Waals surface area contributed by atoms with E-state index in [1.165, 1.54) is 0 Å². The highest BCUT2D eigenvalue weighted by atomic mass is 16.4. The van der Waals surface area contributed by atoms with E-state index in [0.717, 1.165) is 6.42 Å². The summed E-state index contributed by atoms with van der Waals surface area (Å²) in [5.74, 6) is 0.537. The smallest absolute Gasteiger partial charge is 0.220 e. The Balaban J connectivity index is 3.86. The van der Waals surface area contributed by atoms with Crippen LogP contribution in [0.2, 0.25) is 0 Å². The molecule has 0 aliphatic carbocycles. The summed E-state index contributed by atoms with van der Waals surface area (Å²) in [7, 11) is 0. The fourth-order valence-electron chi connectivity index (χ4n) is 1.20. The number of nitrogens with two attached hydrogens (primary N) is 1. The number of hydrogen-bond donors (Lipinski definition) is 3. The van der Waals surface area contributed by atoms with E-state index >= 15 is 0 Å². The van der Waals surface area contributed by atoms with Crippen LogP contribution in [0, 0.1) is 5.92 Å². The molecule has 0 aliphatic heterocycles. The molecule has 0 radical (unpaired) electrons. The summed E-state index contributed by atoms with van der Waals surface area (Å²) in [6, 6.07) is -0.0996. The van der Waals surface area contributed by atoms with Crippen molar-refractivity contribution < 1.29 is 10.0 Å². The molecule has 15 heavy (non-hydrogen) atoms. The lowest BCUT2D eigenvalue weighted by Crippen LogP contribution is -2.36. The molecule has 0 rings (SSSR count). The van der Waals surface area contributed by atoms with Crippen LogP contribution in [-0.2, 0) is 4.79 Å². The van der Waals surface area contributed by atoms with Crippen LogP contribution in [0.1, 0.15) is 40.0 Å². The quantitative estimate of drug-likeness (QED) is 0.268. The first-order valence-corrected chi connectivity index (χ1v) is 5.25. The number of carbonyl (C=O) groups excluding carboxylic acids is 1. The van der Waals surface area contributed by atoms with Gasteiger partial charge in [-0.05, 0) is 12.8 Å². The fourth-order valence-corrected chi connectivity index (χ4v) is 1.20. The molecule has 5 nitrogen and oxygen atoms in total. The summed E-state index contributed by atoms with van der Waals surface area (Å²) in [5, 5.41) is 14.0. The second-order valence-corrected chi connectivity index (χ2v) is 3.98. The average Bonchev–Trinajstić information content (AvgIpc) is 2.16. The monoisotopic (exact) mass is 215 g/mol. The van der Waals surface area contributed by atoms with Gasteiger partial charge in [0.1, 0.15) is 5.84 Å². The van der Waals surface area contributed by atoms with E-state index in [0.29, 0.717) is 18.8 Å². The minimum Gasteiger partial charge on any atom is -0.409 e. The molecule has 0 aromatic rings. The molecule has 0 spiro atoms. The van der Waals surface area contributed by atoms with Crippen LogP contribution < -0.4 is 11.1 Å². The van der Waals surface area contributed by atoms with E-state index < -0.39 is 0 Å². The molecular weight excluding hydrogens is 194 g/mol. The van der Waals surface area contributed by atoms with Gasteiger partial charge in [0.2, 0.25) is 5.91 Å². The van der Waals surface area contributed by atoms with Crippen LogP contribution in [-0.4, -0.2) is 23.0 Å². The average molecular weight is 215 g/mol. The van der Waals surface area contributed by atoms with Crippen molar-refractivity contribution in [3.63, 3.8) is 0 Å². The molecule has 1 amide bonds. The zero-order chi connectivity index (χ0) is 11.8. The molecule has 5 heteroatoms. The second kappa shape index (κ2) is 7.09. The van der Waals surface area contributed by atoms with Gasteiger partial charge in [0.25, 0.3) is 0 Å². The molecule has 0 bridgehead atoms. The van der Waals surface area contributed by atoms with E-state index in [9.17, 15) is 4.79 Å². The van der Waals surface area contributed by atoms with Gasteiger partial charge in [-0.1, -0.05) is 25.4 Å². The summed E-state index contributed by atoms with van der Waals surface area (Å²) in [5.41, 5.74) is 5.33. The Kier molecular flexibility index (Phi) is 6.49. The predicted molar refractivity (Wildman–Crippen MR) is 59.7 cm³/mol. The number of nitrogens with one attached hydrogen (secondary N) is 1. The number of nitrogens with zero attached hydrogens (tertiary/aromatic N) is 1. The summed E-state index contributed by atoms with van der Waals surface area (Å²) in [4.78, 5) is 11.4. The van der Waals surface area contributed by atoms with Crippen molar-refractivity contribution in [3.05, 3.63) is 0 Å². The van der Waals surface area contributed by atoms with E-state index in [1.54, 1.807) is 0 Å². The Labute approximate surface area is 90.7 Å². The Morgan fingerprint density at radius 1 is 1.47 bits per heavy atom. The molecule has 0 saturated carbocycles. The molecule has 0 saturated heterocycles. The van der Waals surface area contributed by atoms with Gasteiger partial charge in [0.15, 0.2) is 0 Å². The van der Waals surface area contributed by atoms with Gasteiger partial charge in [-0.2, -0.15) is 0 Å². The number of amides is 1. The zero-order valence-corrected chi connectivity index (χ0v) is 9.66. The van der Waals surface area contributed by atoms with Gasteiger partial charge in [-0.25, -0.2) is 0 Å². The zero-order valence-electron chi connectivity index (χ0n) is 9.66. The normalized spacial score (nSPS) is 15.8. The Bertz CT molecular complexity index is 229. The summed E-state index contributed by atoms with van der Waals surface area (Å²) in [6.07, 6.45) is 1.88. The molecule has 0 aromatic heterocycles. The molecule has 88 valence electrons. The highest BCUT2D eigenvalue weighted by Gasteiger charge is 2.11. The maximum Gasteiger partial charge on any atom is 0.220 e. The third kappa shape index (κ3) is 6.76. The van der Waals surface area contributed by atoms with Gasteiger partial charge >= 0.3 is 0 Å². The third-order valence-electron chi connectivity index (χ3n) is 2.28. The van der Waals surface area contributed by atoms with Crippen LogP contribution in [0.3, 0.4) is 0 Å². The van der Waals surface area contributed by atoms with E-state index in [2.05, 4.69) is 17.4 Å². The minimum atomic E-state index is -0.0996. The summed E-state index contributed by atoms with van der Waals surface area (Å²) in [6.45, 7) is 5.91. The lowest BCUT2D eigenvalue weighted by molar-refractivity contribution is -0.122. The molecule has 0 heterocycles.